The van der Waals surface area contributed by atoms with Gasteiger partial charge in [0.2, 0.25) is 0 Å². The molecule has 0 fully saturated rings. The van der Waals surface area contributed by atoms with Gasteiger partial charge in [-0.2, -0.15) is 5.10 Å². The SMILES string of the molecule is COc1ccc(C)cc1CC(N)c1cc(C)nn1C. The molecule has 0 radical (unpaired) electrons. The maximum absolute atomic E-state index is 6.30. The topological polar surface area (TPSA) is 53.1 Å². The van der Waals surface area contributed by atoms with Crippen LogP contribution in [0.4, 0.5) is 0 Å². The summed E-state index contributed by atoms with van der Waals surface area (Å²) in [6, 6.07) is 8.12. The molecule has 4 nitrogen and oxygen atoms in total. The highest BCUT2D eigenvalue weighted by molar-refractivity contribution is 5.38. The van der Waals surface area contributed by atoms with Crippen molar-refractivity contribution >= 4 is 0 Å². The molecule has 1 heterocycles. The summed E-state index contributed by atoms with van der Waals surface area (Å²) >= 11 is 0. The first kappa shape index (κ1) is 13.6. The lowest BCUT2D eigenvalue weighted by atomic mass is 10.0. The third-order valence-electron chi connectivity index (χ3n) is 3.29. The molecule has 0 saturated heterocycles. The van der Waals surface area contributed by atoms with Crippen LogP contribution in [0.1, 0.15) is 28.6 Å². The van der Waals surface area contributed by atoms with Crippen molar-refractivity contribution in [1.29, 1.82) is 0 Å². The van der Waals surface area contributed by atoms with Crippen molar-refractivity contribution in [3.8, 4) is 5.75 Å². The quantitative estimate of drug-likeness (QED) is 0.916. The van der Waals surface area contributed by atoms with Crippen molar-refractivity contribution in [2.24, 2.45) is 12.8 Å². The van der Waals surface area contributed by atoms with Crippen molar-refractivity contribution in [3.05, 3.63) is 46.8 Å². The number of ether oxygens (including phenoxy) is 1. The molecule has 2 aromatic rings. The second-order valence-electron chi connectivity index (χ2n) is 4.96. The maximum Gasteiger partial charge on any atom is 0.122 e. The smallest absolute Gasteiger partial charge is 0.122 e. The van der Waals surface area contributed by atoms with Crippen LogP contribution in [-0.2, 0) is 13.5 Å². The molecular weight excluding hydrogens is 238 g/mol. The molecular formula is C15H21N3O. The number of hydrogen-bond donors (Lipinski definition) is 1. The van der Waals surface area contributed by atoms with Crippen molar-refractivity contribution in [1.82, 2.24) is 9.78 Å². The number of benzene rings is 1. The molecule has 19 heavy (non-hydrogen) atoms. The highest BCUT2D eigenvalue weighted by Crippen LogP contribution is 2.25. The molecule has 0 aliphatic heterocycles. The van der Waals surface area contributed by atoms with Crippen LogP contribution in [0, 0.1) is 13.8 Å². The van der Waals surface area contributed by atoms with E-state index in [0.29, 0.717) is 0 Å². The third-order valence-corrected chi connectivity index (χ3v) is 3.29. The Hall–Kier alpha value is -1.81. The lowest BCUT2D eigenvalue weighted by molar-refractivity contribution is 0.407. The second-order valence-corrected chi connectivity index (χ2v) is 4.96. The van der Waals surface area contributed by atoms with Crippen LogP contribution in [0.2, 0.25) is 0 Å². The van der Waals surface area contributed by atoms with Crippen LogP contribution in [0.25, 0.3) is 0 Å². The van der Waals surface area contributed by atoms with Gasteiger partial charge in [-0.3, -0.25) is 4.68 Å². The number of nitrogens with two attached hydrogens (primary N) is 1. The average Bonchev–Trinajstić information content (AvgIpc) is 2.69. The molecule has 0 saturated carbocycles. The van der Waals surface area contributed by atoms with Gasteiger partial charge in [0.1, 0.15) is 5.75 Å². The summed E-state index contributed by atoms with van der Waals surface area (Å²) in [6.07, 6.45) is 0.740. The minimum atomic E-state index is -0.0816. The summed E-state index contributed by atoms with van der Waals surface area (Å²) in [5.74, 6) is 0.889. The van der Waals surface area contributed by atoms with Crippen LogP contribution in [0.5, 0.6) is 5.75 Å². The molecule has 0 aliphatic rings. The summed E-state index contributed by atoms with van der Waals surface area (Å²) in [7, 11) is 3.61. The number of hydrogen-bond acceptors (Lipinski definition) is 3. The standard InChI is InChI=1S/C15H21N3O/c1-10-5-6-15(19-4)12(7-10)9-13(16)14-8-11(2)17-18(14)3/h5-8,13H,9,16H2,1-4H3. The predicted octanol–water partition coefficient (Wildman–Crippen LogP) is 2.29. The molecule has 2 rings (SSSR count). The number of methoxy groups -OCH3 is 1. The number of aromatic nitrogens is 2. The van der Waals surface area contributed by atoms with E-state index in [2.05, 4.69) is 18.1 Å². The summed E-state index contributed by atoms with van der Waals surface area (Å²) in [4.78, 5) is 0. The first-order chi connectivity index (χ1) is 9.01. The van der Waals surface area contributed by atoms with E-state index in [-0.39, 0.29) is 6.04 Å². The highest BCUT2D eigenvalue weighted by Gasteiger charge is 2.14. The average molecular weight is 259 g/mol. The molecule has 0 amide bonds. The van der Waals surface area contributed by atoms with Gasteiger partial charge < -0.3 is 10.5 Å². The van der Waals surface area contributed by atoms with Gasteiger partial charge in [-0.25, -0.2) is 0 Å². The van der Waals surface area contributed by atoms with E-state index < -0.39 is 0 Å². The lowest BCUT2D eigenvalue weighted by Gasteiger charge is -2.15. The molecule has 0 bridgehead atoms. The zero-order chi connectivity index (χ0) is 14.0. The van der Waals surface area contributed by atoms with Crippen LogP contribution in [0.15, 0.2) is 24.3 Å². The van der Waals surface area contributed by atoms with Gasteiger partial charge in [0.25, 0.3) is 0 Å². The molecule has 2 N–H and O–H groups in total. The molecule has 102 valence electrons. The molecule has 1 aromatic heterocycles. The predicted molar refractivity (Wildman–Crippen MR) is 76.3 cm³/mol. The van der Waals surface area contributed by atoms with Crippen molar-refractivity contribution in [2.75, 3.05) is 7.11 Å². The highest BCUT2D eigenvalue weighted by atomic mass is 16.5. The van der Waals surface area contributed by atoms with E-state index in [9.17, 15) is 0 Å². The van der Waals surface area contributed by atoms with Crippen LogP contribution in [-0.4, -0.2) is 16.9 Å². The Morgan fingerprint density at radius 3 is 2.63 bits per heavy atom. The van der Waals surface area contributed by atoms with Crippen LogP contribution < -0.4 is 10.5 Å². The van der Waals surface area contributed by atoms with Crippen molar-refractivity contribution in [2.45, 2.75) is 26.3 Å². The fourth-order valence-electron chi connectivity index (χ4n) is 2.39. The Bertz CT molecular complexity index is 575. The van der Waals surface area contributed by atoms with E-state index >= 15 is 0 Å². The van der Waals surface area contributed by atoms with E-state index in [1.807, 2.05) is 36.9 Å². The monoisotopic (exact) mass is 259 g/mol. The largest absolute Gasteiger partial charge is 0.496 e. The van der Waals surface area contributed by atoms with E-state index in [1.54, 1.807) is 7.11 Å². The van der Waals surface area contributed by atoms with Crippen molar-refractivity contribution < 1.29 is 4.74 Å². The van der Waals surface area contributed by atoms with E-state index in [1.165, 1.54) is 5.56 Å². The Labute approximate surface area is 114 Å². The fraction of sp³-hybridized carbons (Fsp3) is 0.400. The van der Waals surface area contributed by atoms with Crippen LogP contribution in [0.3, 0.4) is 0 Å². The van der Waals surface area contributed by atoms with Crippen LogP contribution >= 0.6 is 0 Å². The van der Waals surface area contributed by atoms with Gasteiger partial charge in [-0.15, -0.1) is 0 Å². The summed E-state index contributed by atoms with van der Waals surface area (Å²) in [6.45, 7) is 4.05. The van der Waals surface area contributed by atoms with Gasteiger partial charge in [0.15, 0.2) is 0 Å². The first-order valence-corrected chi connectivity index (χ1v) is 6.41. The summed E-state index contributed by atoms with van der Waals surface area (Å²) in [5, 5.41) is 4.34. The Morgan fingerprint density at radius 2 is 2.05 bits per heavy atom. The third kappa shape index (κ3) is 2.96. The lowest BCUT2D eigenvalue weighted by Crippen LogP contribution is -2.17. The van der Waals surface area contributed by atoms with Gasteiger partial charge >= 0.3 is 0 Å². The second kappa shape index (κ2) is 5.45. The van der Waals surface area contributed by atoms with Crippen molar-refractivity contribution in [3.63, 3.8) is 0 Å². The van der Waals surface area contributed by atoms with Gasteiger partial charge in [0, 0.05) is 7.05 Å². The number of aryl methyl sites for hydroxylation is 3. The minimum absolute atomic E-state index is 0.0816. The molecule has 0 aliphatic carbocycles. The Balaban J connectivity index is 2.25. The van der Waals surface area contributed by atoms with E-state index in [0.717, 1.165) is 29.1 Å². The molecule has 1 unspecified atom stereocenters. The maximum atomic E-state index is 6.30. The zero-order valence-corrected chi connectivity index (χ0v) is 12.0. The number of nitrogens with zero attached hydrogens (tertiary/aromatic N) is 2. The van der Waals surface area contributed by atoms with Gasteiger partial charge in [-0.05, 0) is 38.0 Å². The summed E-state index contributed by atoms with van der Waals surface area (Å²) < 4.78 is 7.24. The van der Waals surface area contributed by atoms with Gasteiger partial charge in [0.05, 0.1) is 24.5 Å². The van der Waals surface area contributed by atoms with Gasteiger partial charge in [-0.1, -0.05) is 17.7 Å². The minimum Gasteiger partial charge on any atom is -0.496 e. The normalized spacial score (nSPS) is 12.5. The number of rotatable bonds is 4. The molecule has 1 atom stereocenters. The molecule has 4 heteroatoms. The molecule has 0 spiro atoms. The fourth-order valence-corrected chi connectivity index (χ4v) is 2.39. The van der Waals surface area contributed by atoms with E-state index in [4.69, 9.17) is 10.5 Å². The molecule has 1 aromatic carbocycles. The Kier molecular flexibility index (Phi) is 3.90. The summed E-state index contributed by atoms with van der Waals surface area (Å²) in [5.41, 5.74) is 10.7. The Morgan fingerprint density at radius 1 is 1.32 bits per heavy atom. The zero-order valence-electron chi connectivity index (χ0n) is 12.0. The first-order valence-electron chi connectivity index (χ1n) is 6.41.